The molecule has 3 rings (SSSR count). The van der Waals surface area contributed by atoms with Crippen molar-refractivity contribution in [1.82, 2.24) is 10.5 Å². The van der Waals surface area contributed by atoms with Crippen molar-refractivity contribution in [2.75, 3.05) is 7.11 Å². The monoisotopic (exact) mass is 356 g/mol. The van der Waals surface area contributed by atoms with Crippen LogP contribution in [0.2, 0.25) is 5.02 Å². The Hall–Kier alpha value is -2.79. The molecule has 0 bridgehead atoms. The van der Waals surface area contributed by atoms with Crippen molar-refractivity contribution >= 4 is 17.5 Å². The second kappa shape index (κ2) is 7.85. The van der Waals surface area contributed by atoms with Crippen LogP contribution in [0.5, 0.6) is 5.75 Å². The molecule has 0 unspecified atom stereocenters. The maximum absolute atomic E-state index is 12.2. The summed E-state index contributed by atoms with van der Waals surface area (Å²) in [5, 5.41) is 7.40. The molecule has 128 valence electrons. The molecule has 0 saturated heterocycles. The van der Waals surface area contributed by atoms with Gasteiger partial charge in [0.25, 0.3) is 0 Å². The molecule has 2 aromatic carbocycles. The van der Waals surface area contributed by atoms with Gasteiger partial charge in [-0.3, -0.25) is 4.79 Å². The smallest absolute Gasteiger partial charge is 0.224 e. The van der Waals surface area contributed by atoms with Crippen molar-refractivity contribution in [2.24, 2.45) is 0 Å². The molecular weight excluding hydrogens is 340 g/mol. The van der Waals surface area contributed by atoms with Crippen LogP contribution >= 0.6 is 11.6 Å². The molecule has 3 aromatic rings. The summed E-state index contributed by atoms with van der Waals surface area (Å²) < 4.78 is 10.5. The van der Waals surface area contributed by atoms with E-state index in [2.05, 4.69) is 10.5 Å². The number of amides is 1. The van der Waals surface area contributed by atoms with Crippen LogP contribution in [0.15, 0.2) is 59.1 Å². The molecule has 1 N–H and O–H groups in total. The van der Waals surface area contributed by atoms with E-state index < -0.39 is 0 Å². The minimum atomic E-state index is -0.154. The molecule has 1 amide bonds. The van der Waals surface area contributed by atoms with E-state index in [1.165, 1.54) is 0 Å². The van der Waals surface area contributed by atoms with Gasteiger partial charge in [0.15, 0.2) is 5.76 Å². The van der Waals surface area contributed by atoms with Crippen LogP contribution in [0.4, 0.5) is 0 Å². The van der Waals surface area contributed by atoms with E-state index in [1.54, 1.807) is 25.3 Å². The number of nitrogens with zero attached hydrogens (tertiary/aromatic N) is 1. The van der Waals surface area contributed by atoms with Crippen LogP contribution in [0.25, 0.3) is 11.3 Å². The highest BCUT2D eigenvalue weighted by molar-refractivity contribution is 6.30. The zero-order valence-corrected chi connectivity index (χ0v) is 14.4. The van der Waals surface area contributed by atoms with Gasteiger partial charge in [-0.15, -0.1) is 0 Å². The van der Waals surface area contributed by atoms with Crippen LogP contribution in [-0.4, -0.2) is 18.2 Å². The van der Waals surface area contributed by atoms with Crippen molar-refractivity contribution in [3.05, 3.63) is 70.9 Å². The van der Waals surface area contributed by atoms with Crippen molar-refractivity contribution in [2.45, 2.75) is 13.0 Å². The highest BCUT2D eigenvalue weighted by Gasteiger charge is 2.11. The summed E-state index contributed by atoms with van der Waals surface area (Å²) in [5.41, 5.74) is 2.43. The van der Waals surface area contributed by atoms with Gasteiger partial charge in [0.2, 0.25) is 5.91 Å². The largest absolute Gasteiger partial charge is 0.496 e. The third kappa shape index (κ3) is 4.39. The average Bonchev–Trinajstić information content (AvgIpc) is 3.10. The molecule has 1 heterocycles. The van der Waals surface area contributed by atoms with Gasteiger partial charge in [-0.2, -0.15) is 0 Å². The molecule has 0 aliphatic rings. The normalized spacial score (nSPS) is 10.5. The number of benzene rings is 2. The number of carbonyl (C=O) groups is 1. The lowest BCUT2D eigenvalue weighted by molar-refractivity contribution is -0.120. The van der Waals surface area contributed by atoms with Gasteiger partial charge in [0.05, 0.1) is 20.1 Å². The number of hydrogen-bond donors (Lipinski definition) is 1. The van der Waals surface area contributed by atoms with E-state index in [9.17, 15) is 4.79 Å². The lowest BCUT2D eigenvalue weighted by Crippen LogP contribution is -2.24. The average molecular weight is 357 g/mol. The first-order valence-electron chi connectivity index (χ1n) is 7.76. The first kappa shape index (κ1) is 17.0. The third-order valence-electron chi connectivity index (χ3n) is 3.68. The Balaban J connectivity index is 1.60. The predicted molar refractivity (Wildman–Crippen MR) is 95.5 cm³/mol. The Morgan fingerprint density at radius 3 is 2.76 bits per heavy atom. The topological polar surface area (TPSA) is 64.4 Å². The van der Waals surface area contributed by atoms with Crippen LogP contribution in [0.3, 0.4) is 0 Å². The van der Waals surface area contributed by atoms with E-state index in [-0.39, 0.29) is 18.9 Å². The molecule has 1 aromatic heterocycles. The highest BCUT2D eigenvalue weighted by Crippen LogP contribution is 2.23. The van der Waals surface area contributed by atoms with Gasteiger partial charge in [-0.05, 0) is 18.2 Å². The van der Waals surface area contributed by atoms with Gasteiger partial charge in [-0.25, -0.2) is 0 Å². The standard InChI is InChI=1S/C19H17ClN2O3/c1-24-18-8-7-15(20)9-14(18)10-19(23)21-12-16-11-17(22-25-16)13-5-3-2-4-6-13/h2-9,11H,10,12H2,1H3,(H,21,23). The van der Waals surface area contributed by atoms with Crippen molar-refractivity contribution < 1.29 is 14.1 Å². The predicted octanol–water partition coefficient (Wildman–Crippen LogP) is 3.86. The summed E-state index contributed by atoms with van der Waals surface area (Å²) in [5.74, 6) is 1.06. The molecule has 0 aliphatic carbocycles. The van der Waals surface area contributed by atoms with Gasteiger partial charge in [0, 0.05) is 22.2 Å². The van der Waals surface area contributed by atoms with Crippen LogP contribution in [0.1, 0.15) is 11.3 Å². The zero-order valence-electron chi connectivity index (χ0n) is 13.7. The molecule has 6 heteroatoms. The number of carbonyl (C=O) groups excluding carboxylic acids is 1. The molecule has 0 saturated carbocycles. The Labute approximate surface area is 150 Å². The summed E-state index contributed by atoms with van der Waals surface area (Å²) in [6, 6.07) is 16.7. The second-order valence-corrected chi connectivity index (χ2v) is 5.89. The zero-order chi connectivity index (χ0) is 17.6. The van der Waals surface area contributed by atoms with E-state index >= 15 is 0 Å². The fourth-order valence-corrected chi connectivity index (χ4v) is 2.64. The SMILES string of the molecule is COc1ccc(Cl)cc1CC(=O)NCc1cc(-c2ccccc2)no1. The number of nitrogens with one attached hydrogen (secondary N) is 1. The number of aromatic nitrogens is 1. The fourth-order valence-electron chi connectivity index (χ4n) is 2.45. The maximum Gasteiger partial charge on any atom is 0.224 e. The molecular formula is C19H17ClN2O3. The van der Waals surface area contributed by atoms with Gasteiger partial charge < -0.3 is 14.6 Å². The van der Waals surface area contributed by atoms with Gasteiger partial charge in [0.1, 0.15) is 11.4 Å². The molecule has 0 radical (unpaired) electrons. The second-order valence-electron chi connectivity index (χ2n) is 5.45. The number of methoxy groups -OCH3 is 1. The summed E-state index contributed by atoms with van der Waals surface area (Å²) in [4.78, 5) is 12.2. The van der Waals surface area contributed by atoms with Crippen LogP contribution < -0.4 is 10.1 Å². The maximum atomic E-state index is 12.2. The summed E-state index contributed by atoms with van der Waals surface area (Å²) in [6.07, 6.45) is 0.170. The molecule has 0 aliphatic heterocycles. The molecule has 0 spiro atoms. The summed E-state index contributed by atoms with van der Waals surface area (Å²) in [6.45, 7) is 0.265. The Morgan fingerprint density at radius 1 is 1.20 bits per heavy atom. The molecule has 0 fully saturated rings. The first-order valence-corrected chi connectivity index (χ1v) is 8.13. The Kier molecular flexibility index (Phi) is 5.36. The van der Waals surface area contributed by atoms with E-state index in [4.69, 9.17) is 20.9 Å². The highest BCUT2D eigenvalue weighted by atomic mass is 35.5. The summed E-state index contributed by atoms with van der Waals surface area (Å²) >= 11 is 5.98. The van der Waals surface area contributed by atoms with Crippen LogP contribution in [0, 0.1) is 0 Å². The number of rotatable bonds is 6. The number of ether oxygens (including phenoxy) is 1. The lowest BCUT2D eigenvalue weighted by atomic mass is 10.1. The Morgan fingerprint density at radius 2 is 2.00 bits per heavy atom. The van der Waals surface area contributed by atoms with Gasteiger partial charge in [-0.1, -0.05) is 47.1 Å². The quantitative estimate of drug-likeness (QED) is 0.728. The van der Waals surface area contributed by atoms with Crippen LogP contribution in [-0.2, 0) is 17.8 Å². The van der Waals surface area contributed by atoms with Crippen molar-refractivity contribution in [3.63, 3.8) is 0 Å². The molecule has 5 nitrogen and oxygen atoms in total. The number of hydrogen-bond acceptors (Lipinski definition) is 4. The third-order valence-corrected chi connectivity index (χ3v) is 3.92. The van der Waals surface area contributed by atoms with E-state index in [0.717, 1.165) is 16.8 Å². The molecule has 25 heavy (non-hydrogen) atoms. The van der Waals surface area contributed by atoms with Gasteiger partial charge >= 0.3 is 0 Å². The number of halogens is 1. The van der Waals surface area contributed by atoms with E-state index in [1.807, 2.05) is 36.4 Å². The first-order chi connectivity index (χ1) is 12.2. The minimum Gasteiger partial charge on any atom is -0.496 e. The Bertz CT molecular complexity index is 862. The lowest BCUT2D eigenvalue weighted by Gasteiger charge is -2.08. The fraction of sp³-hybridized carbons (Fsp3) is 0.158. The summed E-state index contributed by atoms with van der Waals surface area (Å²) in [7, 11) is 1.56. The van der Waals surface area contributed by atoms with Crippen molar-refractivity contribution in [3.8, 4) is 17.0 Å². The van der Waals surface area contributed by atoms with E-state index in [0.29, 0.717) is 16.5 Å². The minimum absolute atomic E-state index is 0.154. The van der Waals surface area contributed by atoms with Crippen molar-refractivity contribution in [1.29, 1.82) is 0 Å². The molecule has 0 atom stereocenters.